The number of halogens is 1. The van der Waals surface area contributed by atoms with Crippen molar-refractivity contribution in [2.24, 2.45) is 0 Å². The molecule has 0 unspecified atom stereocenters. The number of carbonyl (C=O) groups excluding carboxylic acids is 1. The zero-order valence-electron chi connectivity index (χ0n) is 21.1. The molecule has 3 aliphatic rings. The number of imidazole rings is 1. The third-order valence-electron chi connectivity index (χ3n) is 8.41. The van der Waals surface area contributed by atoms with Crippen molar-refractivity contribution in [3.05, 3.63) is 41.3 Å². The fourth-order valence-electron chi connectivity index (χ4n) is 6.21. The number of hydrogen-bond donors (Lipinski definition) is 0. The van der Waals surface area contributed by atoms with Gasteiger partial charge in [0.1, 0.15) is 5.52 Å². The Labute approximate surface area is 212 Å². The highest BCUT2D eigenvalue weighted by molar-refractivity contribution is 6.34. The molecule has 0 radical (unpaired) electrons. The molecule has 6 rings (SSSR count). The van der Waals surface area contributed by atoms with Crippen molar-refractivity contribution in [1.29, 1.82) is 0 Å². The molecule has 1 saturated heterocycles. The van der Waals surface area contributed by atoms with Gasteiger partial charge in [-0.25, -0.2) is 9.97 Å². The number of hydrogen-bond acceptors (Lipinski definition) is 4. The van der Waals surface area contributed by atoms with E-state index in [-0.39, 0.29) is 18.0 Å². The minimum Gasteiger partial charge on any atom is -0.326 e. The monoisotopic (exact) mass is 491 g/mol. The first-order chi connectivity index (χ1) is 16.8. The van der Waals surface area contributed by atoms with Gasteiger partial charge in [0.2, 0.25) is 5.91 Å². The van der Waals surface area contributed by atoms with Crippen LogP contribution in [-0.2, 0) is 10.2 Å². The highest BCUT2D eigenvalue weighted by Gasteiger charge is 2.50. The number of rotatable bonds is 4. The SMILES string of the molecule is CC(C)n1cnc2cc(-c3ccc4c(c3)N([C@H]3C[C@@H](N5CCCCC5)C3)C(=O)C4(C)C)nc(Cl)c21. The second kappa shape index (κ2) is 8.31. The lowest BCUT2D eigenvalue weighted by Crippen LogP contribution is -2.57. The van der Waals surface area contributed by atoms with Crippen LogP contribution in [0.1, 0.15) is 71.4 Å². The Bertz CT molecular complexity index is 1300. The van der Waals surface area contributed by atoms with Crippen LogP contribution in [0.4, 0.5) is 5.69 Å². The summed E-state index contributed by atoms with van der Waals surface area (Å²) in [5, 5.41) is 0.459. The van der Waals surface area contributed by atoms with E-state index in [9.17, 15) is 4.79 Å². The lowest BCUT2D eigenvalue weighted by atomic mass is 9.82. The maximum Gasteiger partial charge on any atom is 0.237 e. The molecule has 2 fully saturated rings. The van der Waals surface area contributed by atoms with Crippen molar-refractivity contribution in [3.63, 3.8) is 0 Å². The molecule has 2 aliphatic heterocycles. The number of carbonyl (C=O) groups is 1. The summed E-state index contributed by atoms with van der Waals surface area (Å²) in [7, 11) is 0. The lowest BCUT2D eigenvalue weighted by molar-refractivity contribution is -0.123. The summed E-state index contributed by atoms with van der Waals surface area (Å²) in [6.07, 6.45) is 7.91. The summed E-state index contributed by atoms with van der Waals surface area (Å²) in [4.78, 5) is 27.7. The summed E-state index contributed by atoms with van der Waals surface area (Å²) in [5.74, 6) is 0.212. The van der Waals surface area contributed by atoms with E-state index in [4.69, 9.17) is 16.6 Å². The fourth-order valence-corrected chi connectivity index (χ4v) is 6.50. The number of pyridine rings is 1. The zero-order valence-corrected chi connectivity index (χ0v) is 21.8. The van der Waals surface area contributed by atoms with E-state index in [1.54, 1.807) is 0 Å². The highest BCUT2D eigenvalue weighted by atomic mass is 35.5. The predicted molar refractivity (Wildman–Crippen MR) is 141 cm³/mol. The van der Waals surface area contributed by atoms with Crippen molar-refractivity contribution >= 4 is 34.2 Å². The quantitative estimate of drug-likeness (QED) is 0.421. The first kappa shape index (κ1) is 23.0. The van der Waals surface area contributed by atoms with Crippen LogP contribution in [0.2, 0.25) is 5.15 Å². The molecule has 2 aromatic heterocycles. The molecule has 4 heterocycles. The average Bonchev–Trinajstić information content (AvgIpc) is 3.33. The standard InChI is InChI=1S/C28H34ClN5O/c1-17(2)33-16-30-23-15-22(31-26(29)25(23)33)18-8-9-21-24(12-18)34(27(35)28(21,3)4)20-13-19(14-20)32-10-6-5-7-11-32/h8-9,12,15-17,19-20H,5-7,10-11,13-14H2,1-4H3/t19-,20+. The van der Waals surface area contributed by atoms with E-state index in [1.807, 2.05) is 26.2 Å². The molecule has 0 atom stereocenters. The topological polar surface area (TPSA) is 54.3 Å². The number of fused-ring (bicyclic) bond motifs is 2. The average molecular weight is 492 g/mol. The van der Waals surface area contributed by atoms with Gasteiger partial charge in [0.25, 0.3) is 0 Å². The van der Waals surface area contributed by atoms with Gasteiger partial charge < -0.3 is 14.4 Å². The first-order valence-electron chi connectivity index (χ1n) is 13.0. The number of amides is 1. The Balaban J connectivity index is 1.34. The number of nitrogens with zero attached hydrogens (tertiary/aromatic N) is 5. The van der Waals surface area contributed by atoms with E-state index >= 15 is 0 Å². The van der Waals surface area contributed by atoms with Gasteiger partial charge in [0.15, 0.2) is 5.15 Å². The molecule has 1 aliphatic carbocycles. The van der Waals surface area contributed by atoms with Crippen LogP contribution in [0.5, 0.6) is 0 Å². The number of anilines is 1. The number of likely N-dealkylation sites (tertiary alicyclic amines) is 1. The molecule has 1 saturated carbocycles. The van der Waals surface area contributed by atoms with Crippen molar-refractivity contribution < 1.29 is 4.79 Å². The Morgan fingerprint density at radius 3 is 2.51 bits per heavy atom. The van der Waals surface area contributed by atoms with Crippen molar-refractivity contribution in [2.45, 2.75) is 83.3 Å². The fraction of sp³-hybridized carbons (Fsp3) is 0.536. The smallest absolute Gasteiger partial charge is 0.237 e. The van der Waals surface area contributed by atoms with Gasteiger partial charge >= 0.3 is 0 Å². The third kappa shape index (κ3) is 3.60. The van der Waals surface area contributed by atoms with E-state index in [1.165, 1.54) is 32.4 Å². The maximum atomic E-state index is 13.6. The molecular weight excluding hydrogens is 458 g/mol. The summed E-state index contributed by atoms with van der Waals surface area (Å²) in [6, 6.07) is 9.45. The summed E-state index contributed by atoms with van der Waals surface area (Å²) >= 11 is 6.65. The van der Waals surface area contributed by atoms with Crippen LogP contribution in [0.25, 0.3) is 22.3 Å². The van der Waals surface area contributed by atoms with Crippen molar-refractivity contribution in [2.75, 3.05) is 18.0 Å². The highest BCUT2D eigenvalue weighted by Crippen LogP contribution is 2.47. The van der Waals surface area contributed by atoms with E-state index in [0.717, 1.165) is 46.4 Å². The Morgan fingerprint density at radius 2 is 1.80 bits per heavy atom. The maximum absolute atomic E-state index is 13.6. The Kier molecular flexibility index (Phi) is 5.46. The Morgan fingerprint density at radius 1 is 1.06 bits per heavy atom. The van der Waals surface area contributed by atoms with Crippen LogP contribution >= 0.6 is 11.6 Å². The largest absolute Gasteiger partial charge is 0.326 e. The van der Waals surface area contributed by atoms with Crippen LogP contribution in [0.15, 0.2) is 30.6 Å². The number of benzene rings is 1. The second-order valence-corrected chi connectivity index (χ2v) is 11.7. The molecule has 6 nitrogen and oxygen atoms in total. The molecule has 0 bridgehead atoms. The predicted octanol–water partition coefficient (Wildman–Crippen LogP) is 5.97. The minimum atomic E-state index is -0.519. The van der Waals surface area contributed by atoms with Crippen LogP contribution in [0.3, 0.4) is 0 Å². The van der Waals surface area contributed by atoms with Crippen molar-refractivity contribution in [1.82, 2.24) is 19.4 Å². The normalized spacial score (nSPS) is 24.3. The van der Waals surface area contributed by atoms with Crippen molar-refractivity contribution in [3.8, 4) is 11.3 Å². The molecule has 7 heteroatoms. The molecule has 0 N–H and O–H groups in total. The summed E-state index contributed by atoms with van der Waals surface area (Å²) in [6.45, 7) is 10.7. The zero-order chi connectivity index (χ0) is 24.5. The van der Waals surface area contributed by atoms with Gasteiger partial charge in [0.05, 0.1) is 23.0 Å². The molecule has 184 valence electrons. The van der Waals surface area contributed by atoms with Gasteiger partial charge in [-0.2, -0.15) is 0 Å². The molecule has 0 spiro atoms. The molecule has 3 aromatic rings. The minimum absolute atomic E-state index is 0.212. The Hall–Kier alpha value is -2.44. The van der Waals surface area contributed by atoms with E-state index < -0.39 is 5.41 Å². The third-order valence-corrected chi connectivity index (χ3v) is 8.67. The molecule has 1 amide bonds. The summed E-state index contributed by atoms with van der Waals surface area (Å²) < 4.78 is 2.05. The van der Waals surface area contributed by atoms with Crippen LogP contribution < -0.4 is 4.90 Å². The van der Waals surface area contributed by atoms with Crippen LogP contribution in [0, 0.1) is 0 Å². The van der Waals surface area contributed by atoms with Crippen LogP contribution in [-0.4, -0.2) is 50.5 Å². The first-order valence-corrected chi connectivity index (χ1v) is 13.4. The van der Waals surface area contributed by atoms with Gasteiger partial charge in [-0.3, -0.25) is 4.79 Å². The molecular formula is C28H34ClN5O. The summed E-state index contributed by atoms with van der Waals surface area (Å²) in [5.41, 5.74) is 5.07. The van der Waals surface area contributed by atoms with Gasteiger partial charge in [-0.1, -0.05) is 30.2 Å². The number of piperidine rings is 1. The lowest BCUT2D eigenvalue weighted by Gasteiger charge is -2.48. The molecule has 35 heavy (non-hydrogen) atoms. The van der Waals surface area contributed by atoms with E-state index in [0.29, 0.717) is 11.2 Å². The van der Waals surface area contributed by atoms with Gasteiger partial charge in [0, 0.05) is 29.4 Å². The number of aromatic nitrogens is 3. The molecule has 1 aromatic carbocycles. The second-order valence-electron chi connectivity index (χ2n) is 11.3. The van der Waals surface area contributed by atoms with Gasteiger partial charge in [-0.05, 0) is 84.2 Å². The van der Waals surface area contributed by atoms with Gasteiger partial charge in [-0.15, -0.1) is 0 Å². The van der Waals surface area contributed by atoms with E-state index in [2.05, 4.69) is 51.4 Å².